The fourth-order valence-corrected chi connectivity index (χ4v) is 4.27. The van der Waals surface area contributed by atoms with Gasteiger partial charge in [-0.3, -0.25) is 4.79 Å². The normalized spacial score (nSPS) is 12.1. The third kappa shape index (κ3) is 8.04. The number of benzene rings is 1. The summed E-state index contributed by atoms with van der Waals surface area (Å²) in [6.07, 6.45) is 0.809. The molecule has 0 saturated heterocycles. The van der Waals surface area contributed by atoms with Gasteiger partial charge in [0, 0.05) is 21.7 Å². The third-order valence-corrected chi connectivity index (χ3v) is 6.17. The predicted molar refractivity (Wildman–Crippen MR) is 137 cm³/mol. The van der Waals surface area contributed by atoms with Crippen molar-refractivity contribution >= 4 is 51.4 Å². The molecule has 2 N–H and O–H groups in total. The molecule has 2 heterocycles. The van der Waals surface area contributed by atoms with Crippen molar-refractivity contribution in [2.24, 2.45) is 4.36 Å². The second-order valence-corrected chi connectivity index (χ2v) is 10.3. The maximum atomic E-state index is 12.2. The van der Waals surface area contributed by atoms with E-state index >= 15 is 0 Å². The van der Waals surface area contributed by atoms with E-state index in [-0.39, 0.29) is 13.2 Å². The molecule has 10 nitrogen and oxygen atoms in total. The molecule has 0 saturated carbocycles. The Hall–Kier alpha value is -3.51. The zero-order valence-corrected chi connectivity index (χ0v) is 21.5. The van der Waals surface area contributed by atoms with Crippen molar-refractivity contribution in [3.8, 4) is 10.4 Å². The molecule has 3 rings (SSSR count). The van der Waals surface area contributed by atoms with Crippen molar-refractivity contribution in [1.29, 1.82) is 0 Å². The van der Waals surface area contributed by atoms with Crippen LogP contribution in [-0.4, -0.2) is 45.0 Å². The number of nitrogens with one attached hydrogen (secondary N) is 2. The summed E-state index contributed by atoms with van der Waals surface area (Å²) in [7, 11) is -2.26. The van der Waals surface area contributed by atoms with Crippen LogP contribution in [0.4, 0.5) is 22.2 Å². The molecule has 0 aliphatic heterocycles. The number of anilines is 3. The Kier molecular flexibility index (Phi) is 8.77. The number of thiol groups is 1. The molecule has 2 aromatic heterocycles. The average molecular weight is 518 g/mol. The lowest BCUT2D eigenvalue weighted by Crippen LogP contribution is -2.28. The summed E-state index contributed by atoms with van der Waals surface area (Å²) in [4.78, 5) is 33.9. The first-order valence-corrected chi connectivity index (χ1v) is 12.8. The van der Waals surface area contributed by atoms with Crippen molar-refractivity contribution in [1.82, 2.24) is 9.97 Å². The second kappa shape index (κ2) is 11.8. The highest BCUT2D eigenvalue weighted by Gasteiger charge is 2.17. The van der Waals surface area contributed by atoms with E-state index in [4.69, 9.17) is 9.47 Å². The molecule has 0 aliphatic rings. The summed E-state index contributed by atoms with van der Waals surface area (Å²) in [6, 6.07) is 10.4. The molecular formula is C23H27N5O5S2. The summed E-state index contributed by atoms with van der Waals surface area (Å²) in [5.74, 6) is 0.370. The Labute approximate surface area is 209 Å². The lowest BCUT2D eigenvalue weighted by molar-refractivity contribution is -0.152. The van der Waals surface area contributed by atoms with Gasteiger partial charge in [0.05, 0.1) is 22.8 Å². The van der Waals surface area contributed by atoms with Crippen molar-refractivity contribution in [3.63, 3.8) is 0 Å². The van der Waals surface area contributed by atoms with E-state index in [1.807, 2.05) is 17.5 Å². The highest BCUT2D eigenvalue weighted by Crippen LogP contribution is 2.31. The molecule has 0 bridgehead atoms. The molecule has 0 radical (unpaired) electrons. The standard InChI is InChI=1S/C23H27N5O5S2/c1-5-32-22(30)28-35(31)16-10-8-15(9-11-16)26-21-25-13-17(18-7-6-12-34-18)20(27-21)24-14-19(29)33-23(2,3)4/h6-13,35H,5,14H2,1-4H3,(H2,24,25,26,27). The van der Waals surface area contributed by atoms with Gasteiger partial charge in [-0.25, -0.2) is 14.0 Å². The van der Waals surface area contributed by atoms with Crippen LogP contribution in [0.5, 0.6) is 0 Å². The number of aromatic nitrogens is 2. The number of amides is 1. The smallest absolute Gasteiger partial charge is 0.441 e. The third-order valence-electron chi connectivity index (χ3n) is 4.18. The largest absolute Gasteiger partial charge is 0.459 e. The molecule has 35 heavy (non-hydrogen) atoms. The zero-order chi connectivity index (χ0) is 25.4. The van der Waals surface area contributed by atoms with Crippen LogP contribution in [0, 0.1) is 0 Å². The van der Waals surface area contributed by atoms with E-state index in [0.717, 1.165) is 10.4 Å². The molecule has 0 fully saturated rings. The highest BCUT2D eigenvalue weighted by molar-refractivity contribution is 7.75. The van der Waals surface area contributed by atoms with Crippen molar-refractivity contribution in [2.75, 3.05) is 23.8 Å². The van der Waals surface area contributed by atoms with E-state index < -0.39 is 28.3 Å². The topological polar surface area (TPSA) is 132 Å². The molecular weight excluding hydrogens is 490 g/mol. The maximum Gasteiger partial charge on any atom is 0.441 e. The SMILES string of the molecule is CCOC(=O)/N=[SH](=O)/c1ccc(Nc2ncc(-c3cccs3)c(NCC(=O)OC(C)(C)C)n2)cc1. The predicted octanol–water partition coefficient (Wildman–Crippen LogP) is 4.88. The van der Waals surface area contributed by atoms with Crippen LogP contribution in [0.15, 0.2) is 57.2 Å². The summed E-state index contributed by atoms with van der Waals surface area (Å²) < 4.78 is 25.8. The lowest BCUT2D eigenvalue weighted by Gasteiger charge is -2.20. The number of thiophene rings is 1. The van der Waals surface area contributed by atoms with Gasteiger partial charge >= 0.3 is 12.1 Å². The number of rotatable bonds is 8. The number of ether oxygens (including phenoxy) is 2. The number of hydrogen-bond acceptors (Lipinski definition) is 10. The number of nitrogens with zero attached hydrogens (tertiary/aromatic N) is 3. The maximum absolute atomic E-state index is 12.2. The molecule has 0 spiro atoms. The van der Waals surface area contributed by atoms with Crippen LogP contribution in [0.3, 0.4) is 0 Å². The van der Waals surface area contributed by atoms with Crippen molar-refractivity contribution < 1.29 is 23.3 Å². The summed E-state index contributed by atoms with van der Waals surface area (Å²) in [5.41, 5.74) is 0.797. The molecule has 0 aliphatic carbocycles. The molecule has 1 unspecified atom stereocenters. The van der Waals surface area contributed by atoms with Crippen LogP contribution in [0.25, 0.3) is 10.4 Å². The van der Waals surface area contributed by atoms with Crippen molar-refractivity contribution in [2.45, 2.75) is 38.2 Å². The zero-order valence-electron chi connectivity index (χ0n) is 19.8. The first kappa shape index (κ1) is 26.1. The Balaban J connectivity index is 1.77. The summed E-state index contributed by atoms with van der Waals surface area (Å²) >= 11 is 1.53. The first-order valence-electron chi connectivity index (χ1n) is 10.7. The fourth-order valence-electron chi connectivity index (χ4n) is 2.81. The monoisotopic (exact) mass is 517 g/mol. The van der Waals surface area contributed by atoms with Gasteiger partial charge in [0.2, 0.25) is 5.95 Å². The Morgan fingerprint density at radius 3 is 2.54 bits per heavy atom. The Morgan fingerprint density at radius 2 is 1.91 bits per heavy atom. The number of hydrogen-bond donors (Lipinski definition) is 3. The summed E-state index contributed by atoms with van der Waals surface area (Å²) in [6.45, 7) is 7.17. The van der Waals surface area contributed by atoms with Gasteiger partial charge in [-0.1, -0.05) is 6.07 Å². The van der Waals surface area contributed by atoms with Gasteiger partial charge in [0.1, 0.15) is 18.0 Å². The molecule has 3 aromatic rings. The quantitative estimate of drug-likeness (QED) is 0.282. The second-order valence-electron chi connectivity index (χ2n) is 8.12. The van der Waals surface area contributed by atoms with Crippen LogP contribution >= 0.6 is 11.3 Å². The lowest BCUT2D eigenvalue weighted by atomic mass is 10.2. The van der Waals surface area contributed by atoms with Gasteiger partial charge in [-0.2, -0.15) is 4.98 Å². The minimum Gasteiger partial charge on any atom is -0.459 e. The molecule has 1 atom stereocenters. The fraction of sp³-hybridized carbons (Fsp3) is 0.304. The minimum absolute atomic E-state index is 0.0577. The van der Waals surface area contributed by atoms with Crippen LogP contribution in [0.2, 0.25) is 0 Å². The van der Waals surface area contributed by atoms with E-state index in [0.29, 0.717) is 22.3 Å². The van der Waals surface area contributed by atoms with Crippen LogP contribution < -0.4 is 10.6 Å². The highest BCUT2D eigenvalue weighted by atomic mass is 32.2. The number of carbonyl (C=O) groups excluding carboxylic acids is 2. The van der Waals surface area contributed by atoms with E-state index in [1.165, 1.54) is 11.3 Å². The Bertz CT molecular complexity index is 1250. The average Bonchev–Trinajstić information content (AvgIpc) is 3.32. The van der Waals surface area contributed by atoms with Gasteiger partial charge < -0.3 is 20.1 Å². The number of esters is 1. The first-order chi connectivity index (χ1) is 16.6. The minimum atomic E-state index is -2.26. The van der Waals surface area contributed by atoms with E-state index in [2.05, 4.69) is 25.0 Å². The van der Waals surface area contributed by atoms with Gasteiger partial charge in [-0.05, 0) is 63.4 Å². The van der Waals surface area contributed by atoms with Crippen LogP contribution in [-0.2, 0) is 24.9 Å². The van der Waals surface area contributed by atoms with Gasteiger partial charge in [0.25, 0.3) is 0 Å². The molecule has 1 amide bonds. The summed E-state index contributed by atoms with van der Waals surface area (Å²) in [5, 5.41) is 8.07. The van der Waals surface area contributed by atoms with E-state index in [9.17, 15) is 13.8 Å². The molecule has 1 aromatic carbocycles. The van der Waals surface area contributed by atoms with E-state index in [1.54, 1.807) is 58.2 Å². The molecule has 12 heteroatoms. The number of carbonyl (C=O) groups is 2. The van der Waals surface area contributed by atoms with Crippen LogP contribution in [0.1, 0.15) is 27.7 Å². The molecule has 186 valence electrons. The van der Waals surface area contributed by atoms with Crippen molar-refractivity contribution in [3.05, 3.63) is 48.0 Å². The van der Waals surface area contributed by atoms with Gasteiger partial charge in [-0.15, -0.1) is 15.7 Å². The Morgan fingerprint density at radius 1 is 1.17 bits per heavy atom. The van der Waals surface area contributed by atoms with Gasteiger partial charge in [0.15, 0.2) is 0 Å².